The molecule has 2 fully saturated rings. The molecule has 3 heterocycles. The van der Waals surface area contributed by atoms with Crippen molar-refractivity contribution in [3.63, 3.8) is 0 Å². The van der Waals surface area contributed by atoms with Crippen LogP contribution in [0.4, 0.5) is 4.39 Å². The minimum Gasteiger partial charge on any atom is -0.341 e. The lowest BCUT2D eigenvalue weighted by Gasteiger charge is -2.32. The topological polar surface area (TPSA) is 86.8 Å². The van der Waals surface area contributed by atoms with Crippen molar-refractivity contribution in [1.29, 1.82) is 0 Å². The van der Waals surface area contributed by atoms with E-state index in [0.717, 1.165) is 30.6 Å². The third kappa shape index (κ3) is 4.57. The Balaban J connectivity index is 1.43. The Bertz CT molecular complexity index is 1110. The van der Waals surface area contributed by atoms with E-state index < -0.39 is 33.8 Å². The molecule has 172 valence electrons. The Labute approximate surface area is 191 Å². The molecule has 4 rings (SSSR count). The van der Waals surface area contributed by atoms with Gasteiger partial charge >= 0.3 is 0 Å². The van der Waals surface area contributed by atoms with Crippen molar-refractivity contribution >= 4 is 33.2 Å². The average Bonchev–Trinajstić information content (AvgIpc) is 3.42. The van der Waals surface area contributed by atoms with Gasteiger partial charge in [0.2, 0.25) is 11.8 Å². The summed E-state index contributed by atoms with van der Waals surface area (Å²) in [7, 11) is -3.96. The highest BCUT2D eigenvalue weighted by Gasteiger charge is 2.40. The van der Waals surface area contributed by atoms with E-state index in [9.17, 15) is 22.4 Å². The molecular formula is C22H26FN3O4S2. The molecule has 2 atom stereocenters. The number of nitrogens with one attached hydrogen (secondary N) is 1. The first-order chi connectivity index (χ1) is 15.3. The second kappa shape index (κ2) is 9.29. The zero-order valence-electron chi connectivity index (χ0n) is 17.8. The fourth-order valence-corrected chi connectivity index (χ4v) is 6.80. The predicted octanol–water partition coefficient (Wildman–Crippen LogP) is 2.83. The molecule has 1 aromatic carbocycles. The minimum atomic E-state index is -3.96. The first kappa shape index (κ1) is 22.9. The maximum atomic E-state index is 14.0. The molecule has 0 spiro atoms. The van der Waals surface area contributed by atoms with Gasteiger partial charge in [-0.3, -0.25) is 9.59 Å². The van der Waals surface area contributed by atoms with Gasteiger partial charge in [-0.1, -0.05) is 18.2 Å². The number of sulfonamides is 1. The van der Waals surface area contributed by atoms with Gasteiger partial charge in [-0.2, -0.15) is 4.72 Å². The maximum Gasteiger partial charge on any atom is 0.250 e. The number of halogens is 1. The lowest BCUT2D eigenvalue weighted by atomic mass is 10.1. The van der Waals surface area contributed by atoms with Gasteiger partial charge in [-0.15, -0.1) is 11.3 Å². The van der Waals surface area contributed by atoms with Crippen LogP contribution in [0.5, 0.6) is 0 Å². The van der Waals surface area contributed by atoms with Crippen LogP contribution in [0.15, 0.2) is 40.6 Å². The molecule has 0 aliphatic carbocycles. The van der Waals surface area contributed by atoms with Crippen LogP contribution in [0, 0.1) is 5.82 Å². The van der Waals surface area contributed by atoms with Crippen LogP contribution in [0.2, 0.25) is 0 Å². The largest absolute Gasteiger partial charge is 0.341 e. The molecule has 0 radical (unpaired) electrons. The maximum absolute atomic E-state index is 14.0. The van der Waals surface area contributed by atoms with Crippen molar-refractivity contribution in [2.45, 2.75) is 48.9 Å². The van der Waals surface area contributed by atoms with Crippen molar-refractivity contribution in [2.24, 2.45) is 0 Å². The fourth-order valence-electron chi connectivity index (χ4n) is 4.22. The van der Waals surface area contributed by atoms with Gasteiger partial charge in [0.1, 0.15) is 22.1 Å². The summed E-state index contributed by atoms with van der Waals surface area (Å²) in [4.78, 5) is 29.4. The number of carbonyl (C=O) groups is 2. The summed E-state index contributed by atoms with van der Waals surface area (Å²) in [6.45, 7) is 3.41. The summed E-state index contributed by atoms with van der Waals surface area (Å²) in [5.74, 6) is -0.910. The van der Waals surface area contributed by atoms with Crippen LogP contribution < -0.4 is 4.72 Å². The number of hydrogen-bond acceptors (Lipinski definition) is 5. The molecule has 1 unspecified atom stereocenters. The van der Waals surface area contributed by atoms with E-state index in [1.807, 2.05) is 0 Å². The number of benzene rings is 1. The molecule has 2 aliphatic heterocycles. The first-order valence-electron chi connectivity index (χ1n) is 10.7. The van der Waals surface area contributed by atoms with Gasteiger partial charge in [0.15, 0.2) is 0 Å². The third-order valence-electron chi connectivity index (χ3n) is 6.02. The van der Waals surface area contributed by atoms with Gasteiger partial charge in [0.25, 0.3) is 10.0 Å². The SMILES string of the molecule is C[C@@H](C(=O)N1CCCCC1)N1CCC(NS(=O)(=O)c2ccc(-c3ccccc3F)s2)C1=O. The molecule has 10 heteroatoms. The third-order valence-corrected chi connectivity index (χ3v) is 9.10. The Morgan fingerprint density at radius 3 is 2.56 bits per heavy atom. The van der Waals surface area contributed by atoms with Gasteiger partial charge in [0.05, 0.1) is 0 Å². The van der Waals surface area contributed by atoms with Gasteiger partial charge in [-0.05, 0) is 50.8 Å². The van der Waals surface area contributed by atoms with E-state index >= 15 is 0 Å². The van der Waals surface area contributed by atoms with E-state index in [-0.39, 0.29) is 10.1 Å². The van der Waals surface area contributed by atoms with E-state index in [1.165, 1.54) is 17.0 Å². The van der Waals surface area contributed by atoms with Crippen molar-refractivity contribution in [3.8, 4) is 10.4 Å². The first-order valence-corrected chi connectivity index (χ1v) is 13.0. The summed E-state index contributed by atoms with van der Waals surface area (Å²) in [6.07, 6.45) is 3.32. The van der Waals surface area contributed by atoms with E-state index in [2.05, 4.69) is 4.72 Å². The number of likely N-dealkylation sites (tertiary alicyclic amines) is 2. The molecule has 1 N–H and O–H groups in total. The normalized spacial score (nSPS) is 20.6. The fraction of sp³-hybridized carbons (Fsp3) is 0.455. The summed E-state index contributed by atoms with van der Waals surface area (Å²) in [5, 5.41) is 0. The highest BCUT2D eigenvalue weighted by molar-refractivity contribution is 7.91. The lowest BCUT2D eigenvalue weighted by Crippen LogP contribution is -2.51. The van der Waals surface area contributed by atoms with Crippen LogP contribution in [-0.4, -0.2) is 61.7 Å². The van der Waals surface area contributed by atoms with Gasteiger partial charge in [-0.25, -0.2) is 12.8 Å². The second-order valence-electron chi connectivity index (χ2n) is 8.15. The summed E-state index contributed by atoms with van der Waals surface area (Å²) < 4.78 is 42.3. The van der Waals surface area contributed by atoms with E-state index in [1.54, 1.807) is 36.1 Å². The van der Waals surface area contributed by atoms with Crippen molar-refractivity contribution in [1.82, 2.24) is 14.5 Å². The van der Waals surface area contributed by atoms with E-state index in [4.69, 9.17) is 0 Å². The van der Waals surface area contributed by atoms with E-state index in [0.29, 0.717) is 36.5 Å². The number of rotatable bonds is 6. The molecule has 0 bridgehead atoms. The summed E-state index contributed by atoms with van der Waals surface area (Å²) >= 11 is 0.946. The number of hydrogen-bond donors (Lipinski definition) is 1. The van der Waals surface area contributed by atoms with Crippen LogP contribution >= 0.6 is 11.3 Å². The van der Waals surface area contributed by atoms with Crippen LogP contribution in [-0.2, 0) is 19.6 Å². The number of amides is 2. The Hall–Kier alpha value is -2.30. The number of piperidine rings is 1. The van der Waals surface area contributed by atoms with Crippen molar-refractivity contribution in [2.75, 3.05) is 19.6 Å². The Morgan fingerprint density at radius 1 is 1.12 bits per heavy atom. The standard InChI is InChI=1S/C22H26FN3O4S2/c1-15(21(27)25-12-5-2-6-13-25)26-14-11-18(22(26)28)24-32(29,30)20-10-9-19(31-20)16-7-3-4-8-17(16)23/h3-4,7-10,15,18,24H,2,5-6,11-14H2,1H3/t15-,18?/m0/s1. The molecule has 2 aromatic rings. The highest BCUT2D eigenvalue weighted by Crippen LogP contribution is 2.32. The molecule has 1 aromatic heterocycles. The molecular weight excluding hydrogens is 453 g/mol. The summed E-state index contributed by atoms with van der Waals surface area (Å²) in [5.41, 5.74) is 0.326. The number of carbonyl (C=O) groups excluding carboxylic acids is 2. The highest BCUT2D eigenvalue weighted by atomic mass is 32.2. The van der Waals surface area contributed by atoms with Crippen LogP contribution in [0.1, 0.15) is 32.6 Å². The minimum absolute atomic E-state index is 0.0134. The molecule has 7 nitrogen and oxygen atoms in total. The molecule has 2 aliphatic rings. The van der Waals surface area contributed by atoms with Crippen LogP contribution in [0.3, 0.4) is 0 Å². The van der Waals surface area contributed by atoms with Crippen molar-refractivity contribution in [3.05, 3.63) is 42.2 Å². The number of thiophene rings is 1. The van der Waals surface area contributed by atoms with Gasteiger partial charge < -0.3 is 9.80 Å². The second-order valence-corrected chi connectivity index (χ2v) is 11.2. The smallest absolute Gasteiger partial charge is 0.250 e. The monoisotopic (exact) mass is 479 g/mol. The zero-order valence-corrected chi connectivity index (χ0v) is 19.4. The van der Waals surface area contributed by atoms with Gasteiger partial charge in [0, 0.05) is 30.1 Å². The molecule has 2 amide bonds. The summed E-state index contributed by atoms with van der Waals surface area (Å²) in [6, 6.07) is 7.58. The Kier molecular flexibility index (Phi) is 6.64. The predicted molar refractivity (Wildman–Crippen MR) is 120 cm³/mol. The van der Waals surface area contributed by atoms with Crippen LogP contribution in [0.25, 0.3) is 10.4 Å². The lowest BCUT2D eigenvalue weighted by molar-refractivity contribution is -0.143. The molecule has 2 saturated heterocycles. The Morgan fingerprint density at radius 2 is 1.84 bits per heavy atom. The number of nitrogens with zero attached hydrogens (tertiary/aromatic N) is 2. The quantitative estimate of drug-likeness (QED) is 0.690. The average molecular weight is 480 g/mol. The van der Waals surface area contributed by atoms with Crippen molar-refractivity contribution < 1.29 is 22.4 Å². The zero-order chi connectivity index (χ0) is 22.9. The molecule has 32 heavy (non-hydrogen) atoms. The molecule has 0 saturated carbocycles.